The third-order valence-corrected chi connectivity index (χ3v) is 3.02. The third kappa shape index (κ3) is 3.52. The minimum absolute atomic E-state index is 0.0488. The number of hydrogen-bond acceptors (Lipinski definition) is 1. The van der Waals surface area contributed by atoms with Gasteiger partial charge in [-0.2, -0.15) is 0 Å². The molecular formula is C11H20F2O. The summed E-state index contributed by atoms with van der Waals surface area (Å²) in [6.45, 7) is 4.08. The van der Waals surface area contributed by atoms with Crippen molar-refractivity contribution in [3.05, 3.63) is 0 Å². The number of rotatable bonds is 3. The summed E-state index contributed by atoms with van der Waals surface area (Å²) < 4.78 is 25.6. The van der Waals surface area contributed by atoms with Crippen molar-refractivity contribution in [2.45, 2.75) is 58.0 Å². The van der Waals surface area contributed by atoms with Gasteiger partial charge in [0.15, 0.2) is 0 Å². The van der Waals surface area contributed by atoms with Gasteiger partial charge in [0.1, 0.15) is 0 Å². The molecule has 1 aliphatic carbocycles. The molecule has 1 saturated carbocycles. The summed E-state index contributed by atoms with van der Waals surface area (Å²) in [7, 11) is 0. The van der Waals surface area contributed by atoms with Crippen LogP contribution in [0.25, 0.3) is 0 Å². The lowest BCUT2D eigenvalue weighted by molar-refractivity contribution is -0.0641. The lowest BCUT2D eigenvalue weighted by Crippen LogP contribution is -2.31. The van der Waals surface area contributed by atoms with E-state index in [9.17, 15) is 13.9 Å². The molecule has 0 aliphatic heterocycles. The van der Waals surface area contributed by atoms with E-state index in [1.54, 1.807) is 0 Å². The molecule has 1 aliphatic rings. The van der Waals surface area contributed by atoms with Gasteiger partial charge in [-0.25, -0.2) is 8.78 Å². The molecule has 0 aromatic carbocycles. The highest BCUT2D eigenvalue weighted by atomic mass is 19.3. The van der Waals surface area contributed by atoms with E-state index in [2.05, 4.69) is 0 Å². The van der Waals surface area contributed by atoms with Crippen LogP contribution in [0.3, 0.4) is 0 Å². The second-order valence-corrected chi connectivity index (χ2v) is 4.89. The van der Waals surface area contributed by atoms with E-state index in [-0.39, 0.29) is 24.9 Å². The van der Waals surface area contributed by atoms with Crippen molar-refractivity contribution in [2.75, 3.05) is 0 Å². The molecular weight excluding hydrogens is 186 g/mol. The van der Waals surface area contributed by atoms with E-state index in [1.165, 1.54) is 0 Å². The Morgan fingerprint density at radius 3 is 2.21 bits per heavy atom. The van der Waals surface area contributed by atoms with Crippen LogP contribution in [0.2, 0.25) is 0 Å². The van der Waals surface area contributed by atoms with E-state index < -0.39 is 5.92 Å². The highest BCUT2D eigenvalue weighted by Crippen LogP contribution is 2.38. The van der Waals surface area contributed by atoms with Crippen LogP contribution >= 0.6 is 0 Å². The average molecular weight is 206 g/mol. The van der Waals surface area contributed by atoms with Gasteiger partial charge in [-0.15, -0.1) is 0 Å². The SMILES string of the molecule is CC(C)CC(O)C1CCC(F)(F)CC1. The van der Waals surface area contributed by atoms with Gasteiger partial charge < -0.3 is 5.11 Å². The van der Waals surface area contributed by atoms with Crippen LogP contribution in [0.4, 0.5) is 8.78 Å². The Labute approximate surface area is 84.5 Å². The number of alkyl halides is 2. The minimum Gasteiger partial charge on any atom is -0.393 e. The fraction of sp³-hybridized carbons (Fsp3) is 1.00. The number of aliphatic hydroxyl groups excluding tert-OH is 1. The van der Waals surface area contributed by atoms with Crippen LogP contribution in [-0.4, -0.2) is 17.1 Å². The van der Waals surface area contributed by atoms with Gasteiger partial charge in [-0.1, -0.05) is 13.8 Å². The zero-order chi connectivity index (χ0) is 10.8. The first-order valence-corrected chi connectivity index (χ1v) is 5.46. The Bertz CT molecular complexity index is 170. The summed E-state index contributed by atoms with van der Waals surface area (Å²) >= 11 is 0. The molecule has 0 spiro atoms. The van der Waals surface area contributed by atoms with Crippen LogP contribution in [0, 0.1) is 11.8 Å². The van der Waals surface area contributed by atoms with Gasteiger partial charge in [-0.3, -0.25) is 0 Å². The molecule has 1 fully saturated rings. The standard InChI is InChI=1S/C11H20F2O/c1-8(2)7-10(14)9-3-5-11(12,13)6-4-9/h8-10,14H,3-7H2,1-2H3. The molecule has 0 aromatic heterocycles. The van der Waals surface area contributed by atoms with Crippen LogP contribution in [0.1, 0.15) is 46.0 Å². The zero-order valence-corrected chi connectivity index (χ0v) is 8.97. The quantitative estimate of drug-likeness (QED) is 0.751. The molecule has 1 rings (SSSR count). The Hall–Kier alpha value is -0.180. The first-order chi connectivity index (χ1) is 6.41. The van der Waals surface area contributed by atoms with E-state index >= 15 is 0 Å². The molecule has 1 nitrogen and oxygen atoms in total. The molecule has 1 unspecified atom stereocenters. The summed E-state index contributed by atoms with van der Waals surface area (Å²) in [5.74, 6) is -1.95. The zero-order valence-electron chi connectivity index (χ0n) is 8.97. The highest BCUT2D eigenvalue weighted by Gasteiger charge is 2.37. The monoisotopic (exact) mass is 206 g/mol. The van der Waals surface area contributed by atoms with Crippen molar-refractivity contribution in [1.29, 1.82) is 0 Å². The lowest BCUT2D eigenvalue weighted by Gasteiger charge is -2.31. The van der Waals surface area contributed by atoms with Crippen LogP contribution in [0.15, 0.2) is 0 Å². The van der Waals surface area contributed by atoms with Gasteiger partial charge in [-0.05, 0) is 31.1 Å². The Balaban J connectivity index is 2.34. The molecule has 84 valence electrons. The summed E-state index contributed by atoms with van der Waals surface area (Å²) in [6, 6.07) is 0. The van der Waals surface area contributed by atoms with Gasteiger partial charge in [0.25, 0.3) is 0 Å². The summed E-state index contributed by atoms with van der Waals surface area (Å²) in [5.41, 5.74) is 0. The normalized spacial score (nSPS) is 25.3. The molecule has 1 atom stereocenters. The Kier molecular flexibility index (Phi) is 3.87. The van der Waals surface area contributed by atoms with E-state index in [0.717, 1.165) is 6.42 Å². The predicted octanol–water partition coefficient (Wildman–Crippen LogP) is 3.22. The maximum Gasteiger partial charge on any atom is 0.248 e. The van der Waals surface area contributed by atoms with Gasteiger partial charge in [0.05, 0.1) is 6.10 Å². The highest BCUT2D eigenvalue weighted by molar-refractivity contribution is 4.81. The van der Waals surface area contributed by atoms with Crippen molar-refractivity contribution in [2.24, 2.45) is 11.8 Å². The average Bonchev–Trinajstić information content (AvgIpc) is 2.02. The van der Waals surface area contributed by atoms with E-state index in [0.29, 0.717) is 18.8 Å². The van der Waals surface area contributed by atoms with Crippen molar-refractivity contribution in [3.8, 4) is 0 Å². The van der Waals surface area contributed by atoms with Crippen molar-refractivity contribution >= 4 is 0 Å². The van der Waals surface area contributed by atoms with Crippen LogP contribution in [0.5, 0.6) is 0 Å². The molecule has 0 heterocycles. The largest absolute Gasteiger partial charge is 0.393 e. The molecule has 0 amide bonds. The maximum absolute atomic E-state index is 12.8. The first kappa shape index (κ1) is 11.9. The second kappa shape index (κ2) is 4.56. The van der Waals surface area contributed by atoms with E-state index in [1.807, 2.05) is 13.8 Å². The molecule has 0 saturated heterocycles. The minimum atomic E-state index is -2.48. The van der Waals surface area contributed by atoms with Crippen molar-refractivity contribution in [3.63, 3.8) is 0 Å². The molecule has 14 heavy (non-hydrogen) atoms. The molecule has 0 bridgehead atoms. The van der Waals surface area contributed by atoms with Gasteiger partial charge in [0, 0.05) is 12.8 Å². The molecule has 0 radical (unpaired) electrons. The smallest absolute Gasteiger partial charge is 0.248 e. The first-order valence-electron chi connectivity index (χ1n) is 5.46. The van der Waals surface area contributed by atoms with E-state index in [4.69, 9.17) is 0 Å². The number of aliphatic hydroxyl groups is 1. The van der Waals surface area contributed by atoms with Crippen molar-refractivity contribution in [1.82, 2.24) is 0 Å². The summed E-state index contributed by atoms with van der Waals surface area (Å²) in [4.78, 5) is 0. The molecule has 0 aromatic rings. The Morgan fingerprint density at radius 2 is 1.79 bits per heavy atom. The number of halogens is 2. The van der Waals surface area contributed by atoms with Crippen LogP contribution in [-0.2, 0) is 0 Å². The molecule has 3 heteroatoms. The van der Waals surface area contributed by atoms with Crippen LogP contribution < -0.4 is 0 Å². The fourth-order valence-electron chi connectivity index (χ4n) is 2.12. The fourth-order valence-corrected chi connectivity index (χ4v) is 2.12. The van der Waals surface area contributed by atoms with Crippen molar-refractivity contribution < 1.29 is 13.9 Å². The third-order valence-electron chi connectivity index (χ3n) is 3.02. The predicted molar refractivity (Wildman–Crippen MR) is 52.4 cm³/mol. The molecule has 1 N–H and O–H groups in total. The maximum atomic E-state index is 12.8. The lowest BCUT2D eigenvalue weighted by atomic mass is 9.81. The summed E-state index contributed by atoms with van der Waals surface area (Å²) in [6.07, 6.45) is 1.20. The van der Waals surface area contributed by atoms with Gasteiger partial charge >= 0.3 is 0 Å². The second-order valence-electron chi connectivity index (χ2n) is 4.89. The topological polar surface area (TPSA) is 20.2 Å². The summed E-state index contributed by atoms with van der Waals surface area (Å²) in [5, 5.41) is 9.77. The van der Waals surface area contributed by atoms with Gasteiger partial charge in [0.2, 0.25) is 5.92 Å². The number of hydrogen-bond donors (Lipinski definition) is 1. The Morgan fingerprint density at radius 1 is 1.29 bits per heavy atom.